The van der Waals surface area contributed by atoms with Crippen molar-refractivity contribution in [3.63, 3.8) is 0 Å². The Labute approximate surface area is 62.7 Å². The van der Waals surface area contributed by atoms with E-state index in [1.165, 1.54) is 12.3 Å². The molecule has 0 radical (unpaired) electrons. The Balaban J connectivity index is 0. The molecule has 1 aliphatic heterocycles. The first-order valence-corrected chi connectivity index (χ1v) is 3.64. The minimum absolute atomic E-state index is 0.157. The van der Waals surface area contributed by atoms with Crippen LogP contribution < -0.4 is 0 Å². The van der Waals surface area contributed by atoms with Gasteiger partial charge in [-0.05, 0) is 6.08 Å². The maximum atomic E-state index is 9.96. The van der Waals surface area contributed by atoms with E-state index in [1.807, 2.05) is 27.7 Å². The van der Waals surface area contributed by atoms with Crippen LogP contribution in [-0.2, 0) is 4.79 Å². The molecule has 0 atom stereocenters. The van der Waals surface area contributed by atoms with Crippen molar-refractivity contribution in [3.8, 4) is 0 Å². The van der Waals surface area contributed by atoms with E-state index in [-0.39, 0.29) is 5.91 Å². The topological polar surface area (TPSA) is 29.4 Å². The lowest BCUT2D eigenvalue weighted by Gasteiger charge is -1.62. The Morgan fingerprint density at radius 2 is 1.70 bits per heavy atom. The molecule has 0 aliphatic carbocycles. The smallest absolute Gasteiger partial charge is 0.267 e. The largest absolute Gasteiger partial charge is 0.269 e. The van der Waals surface area contributed by atoms with Crippen LogP contribution in [0.25, 0.3) is 0 Å². The summed E-state index contributed by atoms with van der Waals surface area (Å²) in [6.45, 7) is 8.00. The number of aliphatic imine (C=N–C) groups is 1. The van der Waals surface area contributed by atoms with Crippen molar-refractivity contribution >= 4 is 12.1 Å². The van der Waals surface area contributed by atoms with Crippen LogP contribution in [0.5, 0.6) is 0 Å². The van der Waals surface area contributed by atoms with Gasteiger partial charge in [0.1, 0.15) is 0 Å². The van der Waals surface area contributed by atoms with E-state index in [0.717, 1.165) is 0 Å². The van der Waals surface area contributed by atoms with Gasteiger partial charge >= 0.3 is 0 Å². The second-order valence-corrected chi connectivity index (χ2v) is 0.976. The van der Waals surface area contributed by atoms with E-state index >= 15 is 0 Å². The highest BCUT2D eigenvalue weighted by Crippen LogP contribution is 1.83. The van der Waals surface area contributed by atoms with Crippen molar-refractivity contribution in [3.05, 3.63) is 12.2 Å². The molecule has 0 aromatic heterocycles. The first-order valence-electron chi connectivity index (χ1n) is 3.64. The highest BCUT2D eigenvalue weighted by atomic mass is 16.1. The zero-order valence-corrected chi connectivity index (χ0v) is 7.09. The molecule has 1 rings (SSSR count). The van der Waals surface area contributed by atoms with Crippen molar-refractivity contribution in [2.75, 3.05) is 0 Å². The summed E-state index contributed by atoms with van der Waals surface area (Å²) in [5, 5.41) is 0. The van der Waals surface area contributed by atoms with Crippen LogP contribution in [0.15, 0.2) is 17.1 Å². The second-order valence-electron chi connectivity index (χ2n) is 0.976. The average molecular weight is 141 g/mol. The third kappa shape index (κ3) is 7.08. The van der Waals surface area contributed by atoms with E-state index in [0.29, 0.717) is 0 Å². The maximum absolute atomic E-state index is 9.96. The van der Waals surface area contributed by atoms with Gasteiger partial charge < -0.3 is 0 Å². The van der Waals surface area contributed by atoms with Gasteiger partial charge in [-0.1, -0.05) is 27.7 Å². The highest BCUT2D eigenvalue weighted by Gasteiger charge is 1.90. The fourth-order valence-corrected chi connectivity index (χ4v) is 0.285. The lowest BCUT2D eigenvalue weighted by atomic mass is 10.6. The number of hydrogen-bond acceptors (Lipinski definition) is 1. The summed E-state index contributed by atoms with van der Waals surface area (Å²) >= 11 is 0. The molecule has 10 heavy (non-hydrogen) atoms. The summed E-state index contributed by atoms with van der Waals surface area (Å²) in [4.78, 5) is 13.3. The molecule has 1 aliphatic rings. The quantitative estimate of drug-likeness (QED) is 0.508. The van der Waals surface area contributed by atoms with Crippen LogP contribution in [0, 0.1) is 0 Å². The molecule has 0 aromatic carbocycles. The molecule has 58 valence electrons. The van der Waals surface area contributed by atoms with Gasteiger partial charge in [-0.15, -0.1) is 0 Å². The van der Waals surface area contributed by atoms with Crippen LogP contribution in [0.2, 0.25) is 0 Å². The van der Waals surface area contributed by atoms with Crippen molar-refractivity contribution in [2.45, 2.75) is 27.7 Å². The average Bonchev–Trinajstić information content (AvgIpc) is 2.48. The number of amides is 1. The Morgan fingerprint density at radius 1 is 1.20 bits per heavy atom. The van der Waals surface area contributed by atoms with E-state index in [2.05, 4.69) is 4.99 Å². The van der Waals surface area contributed by atoms with Gasteiger partial charge in [-0.25, -0.2) is 4.99 Å². The summed E-state index contributed by atoms with van der Waals surface area (Å²) in [5.74, 6) is -0.157. The summed E-state index contributed by atoms with van der Waals surface area (Å²) in [6, 6.07) is 0. The lowest BCUT2D eigenvalue weighted by Crippen LogP contribution is -1.75. The fourth-order valence-electron chi connectivity index (χ4n) is 0.285. The van der Waals surface area contributed by atoms with Gasteiger partial charge in [0.2, 0.25) is 0 Å². The SMILES string of the molecule is CC.CC.O=C1C=CC=N1. The predicted octanol–water partition coefficient (Wildman–Crippen LogP) is 2.21. The van der Waals surface area contributed by atoms with Gasteiger partial charge in [-0.2, -0.15) is 0 Å². The molecule has 2 nitrogen and oxygen atoms in total. The Morgan fingerprint density at radius 3 is 1.80 bits per heavy atom. The van der Waals surface area contributed by atoms with Crippen LogP contribution in [0.3, 0.4) is 0 Å². The molecule has 0 N–H and O–H groups in total. The molecule has 1 amide bonds. The van der Waals surface area contributed by atoms with Crippen molar-refractivity contribution in [2.24, 2.45) is 4.99 Å². The van der Waals surface area contributed by atoms with Crippen LogP contribution in [0.4, 0.5) is 0 Å². The van der Waals surface area contributed by atoms with Crippen LogP contribution >= 0.6 is 0 Å². The molecule has 1 heterocycles. The van der Waals surface area contributed by atoms with Crippen molar-refractivity contribution in [1.29, 1.82) is 0 Å². The fraction of sp³-hybridized carbons (Fsp3) is 0.500. The summed E-state index contributed by atoms with van der Waals surface area (Å²) in [6.07, 6.45) is 4.50. The second kappa shape index (κ2) is 11.0. The number of hydrogen-bond donors (Lipinski definition) is 0. The number of rotatable bonds is 0. The monoisotopic (exact) mass is 141 g/mol. The number of carbonyl (C=O) groups is 1. The van der Waals surface area contributed by atoms with Crippen LogP contribution in [0.1, 0.15) is 27.7 Å². The molecule has 0 saturated carbocycles. The van der Waals surface area contributed by atoms with E-state index in [4.69, 9.17) is 0 Å². The minimum atomic E-state index is -0.157. The number of allylic oxidation sites excluding steroid dienone is 1. The molecule has 0 unspecified atom stereocenters. The molecule has 0 bridgehead atoms. The normalized spacial score (nSPS) is 11.4. The summed E-state index contributed by atoms with van der Waals surface area (Å²) in [7, 11) is 0. The molecule has 0 saturated heterocycles. The number of nitrogens with zero attached hydrogens (tertiary/aromatic N) is 1. The van der Waals surface area contributed by atoms with Gasteiger partial charge in [0.15, 0.2) is 0 Å². The van der Waals surface area contributed by atoms with E-state index < -0.39 is 0 Å². The minimum Gasteiger partial charge on any atom is -0.267 e. The molecule has 0 fully saturated rings. The lowest BCUT2D eigenvalue weighted by molar-refractivity contribution is -0.113. The first-order chi connectivity index (χ1) is 4.89. The molecule has 2 heteroatoms. The van der Waals surface area contributed by atoms with Gasteiger partial charge in [0, 0.05) is 12.3 Å². The molecule has 0 aromatic rings. The first kappa shape index (κ1) is 11.8. The summed E-state index contributed by atoms with van der Waals surface area (Å²) in [5.41, 5.74) is 0. The van der Waals surface area contributed by atoms with Gasteiger partial charge in [0.25, 0.3) is 5.91 Å². The van der Waals surface area contributed by atoms with Crippen molar-refractivity contribution in [1.82, 2.24) is 0 Å². The zero-order chi connectivity index (χ0) is 8.41. The van der Waals surface area contributed by atoms with E-state index in [9.17, 15) is 4.79 Å². The Hall–Kier alpha value is -0.920. The third-order valence-electron chi connectivity index (χ3n) is 0.527. The predicted molar refractivity (Wildman–Crippen MR) is 45.3 cm³/mol. The highest BCUT2D eigenvalue weighted by molar-refractivity contribution is 6.03. The molecular formula is C8H15NO. The molecular weight excluding hydrogens is 126 g/mol. The molecule has 0 spiro atoms. The third-order valence-corrected chi connectivity index (χ3v) is 0.527. The Bertz CT molecular complexity index is 111. The standard InChI is InChI=1S/C4H3NO.2C2H6/c6-4-2-1-3-5-4;2*1-2/h1-3H;2*1-2H3. The summed E-state index contributed by atoms with van der Waals surface area (Å²) < 4.78 is 0. The number of carbonyl (C=O) groups excluding carboxylic acids is 1. The van der Waals surface area contributed by atoms with Crippen LogP contribution in [-0.4, -0.2) is 12.1 Å². The van der Waals surface area contributed by atoms with Gasteiger partial charge in [-0.3, -0.25) is 4.79 Å². The zero-order valence-electron chi connectivity index (χ0n) is 7.09. The maximum Gasteiger partial charge on any atom is 0.269 e. The van der Waals surface area contributed by atoms with E-state index in [1.54, 1.807) is 6.08 Å². The Kier molecular flexibility index (Phi) is 13.0. The van der Waals surface area contributed by atoms with Crippen molar-refractivity contribution < 1.29 is 4.79 Å². The van der Waals surface area contributed by atoms with Gasteiger partial charge in [0.05, 0.1) is 0 Å².